The van der Waals surface area contributed by atoms with Crippen molar-refractivity contribution in [2.75, 3.05) is 0 Å². The predicted octanol–water partition coefficient (Wildman–Crippen LogP) is 1.66. The summed E-state index contributed by atoms with van der Waals surface area (Å²) in [5.74, 6) is -0.928. The lowest BCUT2D eigenvalue weighted by atomic mass is 9.95. The van der Waals surface area contributed by atoms with Crippen LogP contribution in [-0.2, 0) is 4.79 Å². The molecule has 1 saturated carbocycles. The first kappa shape index (κ1) is 12.6. The van der Waals surface area contributed by atoms with Gasteiger partial charge < -0.3 is 10.2 Å². The van der Waals surface area contributed by atoms with Gasteiger partial charge in [0.05, 0.1) is 6.10 Å². The smallest absolute Gasteiger partial charge is 0.321 e. The van der Waals surface area contributed by atoms with E-state index >= 15 is 0 Å². The number of fused-ring (bicyclic) bond motifs is 2. The van der Waals surface area contributed by atoms with E-state index in [1.807, 2.05) is 42.2 Å². The second-order valence-electron chi connectivity index (χ2n) is 5.62. The standard InChI is InChI=1S/C15H19NO3/c1-9(10-5-3-2-4-6-10)16-12-8-7-11(14(12)17)13(16)15(18)19/h2-6,9,11-14,17H,7-8H2,1H3,(H,18,19)/t9-,11-,12?,13+,14?/m1/s1. The maximum absolute atomic E-state index is 11.5. The van der Waals surface area contributed by atoms with Gasteiger partial charge in [0.25, 0.3) is 0 Å². The Balaban J connectivity index is 1.92. The van der Waals surface area contributed by atoms with Crippen molar-refractivity contribution in [3.8, 4) is 0 Å². The van der Waals surface area contributed by atoms with Gasteiger partial charge >= 0.3 is 5.97 Å². The van der Waals surface area contributed by atoms with Crippen LogP contribution in [0.3, 0.4) is 0 Å². The van der Waals surface area contributed by atoms with Crippen molar-refractivity contribution < 1.29 is 15.0 Å². The molecular weight excluding hydrogens is 242 g/mol. The Morgan fingerprint density at radius 2 is 2.00 bits per heavy atom. The summed E-state index contributed by atoms with van der Waals surface area (Å²) in [6, 6.07) is 9.37. The molecule has 2 bridgehead atoms. The third-order valence-electron chi connectivity index (χ3n) is 4.72. The van der Waals surface area contributed by atoms with Crippen LogP contribution >= 0.6 is 0 Å². The predicted molar refractivity (Wildman–Crippen MR) is 70.6 cm³/mol. The zero-order valence-electron chi connectivity index (χ0n) is 10.9. The number of nitrogens with zero attached hydrogens (tertiary/aromatic N) is 1. The molecule has 1 aromatic rings. The fraction of sp³-hybridized carbons (Fsp3) is 0.533. The normalized spacial score (nSPS) is 35.5. The summed E-state index contributed by atoms with van der Waals surface area (Å²) in [6.45, 7) is 2.03. The lowest BCUT2D eigenvalue weighted by Gasteiger charge is -2.37. The van der Waals surface area contributed by atoms with Gasteiger partial charge in [0.15, 0.2) is 0 Å². The van der Waals surface area contributed by atoms with E-state index in [9.17, 15) is 15.0 Å². The quantitative estimate of drug-likeness (QED) is 0.868. The number of aliphatic hydroxyl groups is 1. The molecule has 4 heteroatoms. The van der Waals surface area contributed by atoms with Gasteiger partial charge in [0, 0.05) is 18.0 Å². The SMILES string of the molecule is C[C@H](c1ccccc1)N1C2CC[C@@H](C2O)[C@H]1C(=O)O. The lowest BCUT2D eigenvalue weighted by molar-refractivity contribution is -0.146. The van der Waals surface area contributed by atoms with Gasteiger partial charge in [-0.15, -0.1) is 0 Å². The van der Waals surface area contributed by atoms with Gasteiger partial charge in [0.2, 0.25) is 0 Å². The van der Waals surface area contributed by atoms with E-state index in [4.69, 9.17) is 0 Å². The maximum atomic E-state index is 11.5. The summed E-state index contributed by atoms with van der Waals surface area (Å²) in [5, 5.41) is 19.7. The molecule has 4 nitrogen and oxygen atoms in total. The van der Waals surface area contributed by atoms with Crippen molar-refractivity contribution in [1.29, 1.82) is 0 Å². The number of carbonyl (C=O) groups is 1. The topological polar surface area (TPSA) is 60.8 Å². The Bertz CT molecular complexity index is 476. The molecule has 2 N–H and O–H groups in total. The number of hydrogen-bond donors (Lipinski definition) is 2. The zero-order chi connectivity index (χ0) is 13.6. The molecule has 5 atom stereocenters. The van der Waals surface area contributed by atoms with Crippen LogP contribution in [0.4, 0.5) is 0 Å². The van der Waals surface area contributed by atoms with E-state index < -0.39 is 18.1 Å². The Labute approximate surface area is 112 Å². The average molecular weight is 261 g/mol. The highest BCUT2D eigenvalue weighted by molar-refractivity contribution is 5.75. The van der Waals surface area contributed by atoms with Crippen LogP contribution in [0.2, 0.25) is 0 Å². The van der Waals surface area contributed by atoms with Gasteiger partial charge in [-0.3, -0.25) is 9.69 Å². The molecule has 1 heterocycles. The van der Waals surface area contributed by atoms with Crippen molar-refractivity contribution >= 4 is 5.97 Å². The molecule has 0 amide bonds. The molecule has 0 radical (unpaired) electrons. The molecule has 1 saturated heterocycles. The van der Waals surface area contributed by atoms with Gasteiger partial charge in [-0.1, -0.05) is 30.3 Å². The van der Waals surface area contributed by atoms with Crippen LogP contribution in [-0.4, -0.2) is 39.3 Å². The Hall–Kier alpha value is -1.39. The van der Waals surface area contributed by atoms with E-state index in [0.29, 0.717) is 0 Å². The van der Waals surface area contributed by atoms with E-state index in [1.165, 1.54) is 0 Å². The first-order valence-electron chi connectivity index (χ1n) is 6.84. The number of aliphatic carboxylic acids is 1. The number of piperidine rings is 1. The lowest BCUT2D eigenvalue weighted by Crippen LogP contribution is -2.47. The van der Waals surface area contributed by atoms with Crippen LogP contribution in [0, 0.1) is 5.92 Å². The second-order valence-corrected chi connectivity index (χ2v) is 5.62. The average Bonchev–Trinajstić information content (AvgIpc) is 2.92. The number of hydrogen-bond acceptors (Lipinski definition) is 3. The number of rotatable bonds is 3. The highest BCUT2D eigenvalue weighted by atomic mass is 16.4. The zero-order valence-corrected chi connectivity index (χ0v) is 10.9. The summed E-state index contributed by atoms with van der Waals surface area (Å²) < 4.78 is 0. The van der Waals surface area contributed by atoms with Crippen LogP contribution in [0.25, 0.3) is 0 Å². The fourth-order valence-corrected chi connectivity index (χ4v) is 3.83. The van der Waals surface area contributed by atoms with E-state index in [-0.39, 0.29) is 18.0 Å². The van der Waals surface area contributed by atoms with Crippen LogP contribution in [0.5, 0.6) is 0 Å². The monoisotopic (exact) mass is 261 g/mol. The van der Waals surface area contributed by atoms with Crippen LogP contribution < -0.4 is 0 Å². The molecule has 2 aliphatic rings. The number of carboxylic acids is 1. The highest BCUT2D eigenvalue weighted by Crippen LogP contribution is 2.46. The first-order chi connectivity index (χ1) is 9.11. The van der Waals surface area contributed by atoms with Gasteiger partial charge in [0.1, 0.15) is 6.04 Å². The Kier molecular flexibility index (Phi) is 3.07. The van der Waals surface area contributed by atoms with E-state index in [0.717, 1.165) is 18.4 Å². The van der Waals surface area contributed by atoms with Crippen LogP contribution in [0.15, 0.2) is 30.3 Å². The molecule has 2 fully saturated rings. The Morgan fingerprint density at radius 3 is 2.63 bits per heavy atom. The summed E-state index contributed by atoms with van der Waals surface area (Å²) in [7, 11) is 0. The Morgan fingerprint density at radius 1 is 1.32 bits per heavy atom. The summed E-state index contributed by atoms with van der Waals surface area (Å²) >= 11 is 0. The molecule has 19 heavy (non-hydrogen) atoms. The number of likely N-dealkylation sites (tertiary alicyclic amines) is 1. The van der Waals surface area contributed by atoms with Gasteiger partial charge in [-0.2, -0.15) is 0 Å². The molecule has 0 aromatic heterocycles. The number of aliphatic hydroxyl groups excluding tert-OH is 1. The second kappa shape index (κ2) is 4.62. The fourth-order valence-electron chi connectivity index (χ4n) is 3.83. The molecule has 102 valence electrons. The van der Waals surface area contributed by atoms with Crippen molar-refractivity contribution in [3.05, 3.63) is 35.9 Å². The van der Waals surface area contributed by atoms with Crippen LogP contribution in [0.1, 0.15) is 31.4 Å². The first-order valence-corrected chi connectivity index (χ1v) is 6.84. The molecule has 1 aromatic carbocycles. The molecular formula is C15H19NO3. The minimum absolute atomic E-state index is 0.0127. The van der Waals surface area contributed by atoms with E-state index in [1.54, 1.807) is 0 Å². The molecule has 1 aliphatic heterocycles. The third kappa shape index (κ3) is 1.86. The number of carboxylic acid groups (broad SMARTS) is 1. The molecule has 2 unspecified atom stereocenters. The summed E-state index contributed by atoms with van der Waals surface area (Å²) in [4.78, 5) is 13.5. The highest BCUT2D eigenvalue weighted by Gasteiger charge is 2.56. The molecule has 0 spiro atoms. The minimum atomic E-state index is -0.811. The van der Waals surface area contributed by atoms with Crippen molar-refractivity contribution in [3.63, 3.8) is 0 Å². The minimum Gasteiger partial charge on any atom is -0.480 e. The van der Waals surface area contributed by atoms with Crippen molar-refractivity contribution in [1.82, 2.24) is 4.90 Å². The van der Waals surface area contributed by atoms with E-state index in [2.05, 4.69) is 0 Å². The summed E-state index contributed by atoms with van der Waals surface area (Å²) in [6.07, 6.45) is 1.22. The van der Waals surface area contributed by atoms with Gasteiger partial charge in [-0.05, 0) is 25.3 Å². The van der Waals surface area contributed by atoms with Crippen molar-refractivity contribution in [2.24, 2.45) is 5.92 Å². The third-order valence-corrected chi connectivity index (χ3v) is 4.72. The number of benzene rings is 1. The molecule has 3 rings (SSSR count). The maximum Gasteiger partial charge on any atom is 0.321 e. The van der Waals surface area contributed by atoms with Crippen molar-refractivity contribution in [2.45, 2.75) is 44.0 Å². The molecule has 1 aliphatic carbocycles. The van der Waals surface area contributed by atoms with Gasteiger partial charge in [-0.25, -0.2) is 0 Å². The summed E-state index contributed by atoms with van der Waals surface area (Å²) in [5.41, 5.74) is 1.11. The largest absolute Gasteiger partial charge is 0.480 e.